The minimum absolute atomic E-state index is 0.0513. The van der Waals surface area contributed by atoms with Gasteiger partial charge in [-0.05, 0) is 83.1 Å². The lowest BCUT2D eigenvalue weighted by Crippen LogP contribution is -2.56. The number of benzene rings is 1. The van der Waals surface area contributed by atoms with Crippen LogP contribution in [0.4, 0.5) is 4.79 Å². The number of hydrogen-bond donors (Lipinski definition) is 3. The number of aryl methyl sites for hydroxylation is 1. The van der Waals surface area contributed by atoms with Gasteiger partial charge in [0.15, 0.2) is 0 Å². The molecule has 36 heavy (non-hydrogen) atoms. The first-order valence-corrected chi connectivity index (χ1v) is 13.2. The average molecular weight is 504 g/mol. The summed E-state index contributed by atoms with van der Waals surface area (Å²) in [6.07, 6.45) is 3.32. The molecule has 1 aliphatic rings. The van der Waals surface area contributed by atoms with Crippen LogP contribution in [-0.4, -0.2) is 51.6 Å². The Morgan fingerprint density at radius 1 is 1.14 bits per heavy atom. The van der Waals surface area contributed by atoms with Gasteiger partial charge in [-0.1, -0.05) is 39.7 Å². The van der Waals surface area contributed by atoms with Gasteiger partial charge in [-0.25, -0.2) is 4.79 Å². The zero-order valence-electron chi connectivity index (χ0n) is 23.2. The highest BCUT2D eigenvalue weighted by Crippen LogP contribution is 2.37. The van der Waals surface area contributed by atoms with Gasteiger partial charge in [-0.3, -0.25) is 9.59 Å². The van der Waals surface area contributed by atoms with Gasteiger partial charge in [0.05, 0.1) is 0 Å². The van der Waals surface area contributed by atoms with Crippen molar-refractivity contribution in [2.24, 2.45) is 5.92 Å². The Morgan fingerprint density at radius 3 is 2.28 bits per heavy atom. The molecule has 0 aromatic heterocycles. The number of hydrogen-bond acceptors (Lipinski definition) is 5. The monoisotopic (exact) mass is 503 g/mol. The lowest BCUT2D eigenvalue weighted by atomic mass is 9.95. The minimum atomic E-state index is -0.879. The number of aromatic hydroxyl groups is 1. The zero-order chi connectivity index (χ0) is 27.2. The SMILES string of the molecule is CCCC(C)NC(=O)C(c1ccc(O)c(C)c1)N(C(=O)C(NC(=O)OC(C)(C)C)C(C)CC)C1CC1. The van der Waals surface area contributed by atoms with Crippen molar-refractivity contribution < 1.29 is 24.2 Å². The molecule has 0 bridgehead atoms. The van der Waals surface area contributed by atoms with Gasteiger partial charge in [0.1, 0.15) is 23.4 Å². The molecule has 1 fully saturated rings. The maximum absolute atomic E-state index is 14.1. The molecule has 0 aliphatic heterocycles. The van der Waals surface area contributed by atoms with E-state index < -0.39 is 23.8 Å². The molecular weight excluding hydrogens is 458 g/mol. The van der Waals surface area contributed by atoms with E-state index in [1.54, 1.807) is 50.8 Å². The number of phenolic OH excluding ortho intramolecular Hbond substituents is 1. The van der Waals surface area contributed by atoms with E-state index in [0.717, 1.165) is 25.7 Å². The second-order valence-corrected chi connectivity index (χ2v) is 11.1. The van der Waals surface area contributed by atoms with E-state index in [1.807, 2.05) is 20.8 Å². The summed E-state index contributed by atoms with van der Waals surface area (Å²) in [7, 11) is 0. The first-order chi connectivity index (χ1) is 16.8. The van der Waals surface area contributed by atoms with Crippen LogP contribution < -0.4 is 10.6 Å². The number of alkyl carbamates (subject to hydrolysis) is 1. The van der Waals surface area contributed by atoms with Crippen molar-refractivity contribution >= 4 is 17.9 Å². The number of rotatable bonds is 11. The molecule has 3 amide bonds. The third-order valence-electron chi connectivity index (χ3n) is 6.52. The Hall–Kier alpha value is -2.77. The van der Waals surface area contributed by atoms with E-state index in [9.17, 15) is 19.5 Å². The van der Waals surface area contributed by atoms with E-state index >= 15 is 0 Å². The van der Waals surface area contributed by atoms with Crippen LogP contribution in [-0.2, 0) is 14.3 Å². The van der Waals surface area contributed by atoms with Gasteiger partial charge in [0.2, 0.25) is 11.8 Å². The normalized spacial score (nSPS) is 16.9. The molecule has 4 atom stereocenters. The fourth-order valence-electron chi connectivity index (χ4n) is 4.26. The van der Waals surface area contributed by atoms with E-state index in [0.29, 0.717) is 17.5 Å². The molecule has 4 unspecified atom stereocenters. The van der Waals surface area contributed by atoms with Crippen LogP contribution in [0.25, 0.3) is 0 Å². The van der Waals surface area contributed by atoms with Crippen molar-refractivity contribution in [3.05, 3.63) is 29.3 Å². The Labute approximate surface area is 216 Å². The van der Waals surface area contributed by atoms with Crippen LogP contribution in [0.15, 0.2) is 18.2 Å². The summed E-state index contributed by atoms with van der Waals surface area (Å²) in [4.78, 5) is 42.1. The maximum atomic E-state index is 14.1. The summed E-state index contributed by atoms with van der Waals surface area (Å²) in [5.74, 6) is -0.602. The van der Waals surface area contributed by atoms with E-state index in [1.165, 1.54) is 0 Å². The number of amides is 3. The third kappa shape index (κ3) is 8.14. The van der Waals surface area contributed by atoms with Crippen LogP contribution in [0.3, 0.4) is 0 Å². The van der Waals surface area contributed by atoms with Crippen molar-refractivity contribution in [3.8, 4) is 5.75 Å². The summed E-state index contributed by atoms with van der Waals surface area (Å²) in [5.41, 5.74) is 0.553. The number of nitrogens with zero attached hydrogens (tertiary/aromatic N) is 1. The largest absolute Gasteiger partial charge is 0.508 e. The molecule has 3 N–H and O–H groups in total. The predicted molar refractivity (Wildman–Crippen MR) is 141 cm³/mol. The highest BCUT2D eigenvalue weighted by molar-refractivity contribution is 5.93. The van der Waals surface area contributed by atoms with Crippen LogP contribution in [0.2, 0.25) is 0 Å². The number of carbonyl (C=O) groups excluding carboxylic acids is 3. The Morgan fingerprint density at radius 2 is 1.78 bits per heavy atom. The van der Waals surface area contributed by atoms with Gasteiger partial charge in [-0.2, -0.15) is 0 Å². The molecule has 1 aromatic rings. The predicted octanol–water partition coefficient (Wildman–Crippen LogP) is 4.98. The van der Waals surface area contributed by atoms with Crippen molar-refractivity contribution in [2.75, 3.05) is 0 Å². The summed E-state index contributed by atoms with van der Waals surface area (Å²) in [6.45, 7) is 15.0. The smallest absolute Gasteiger partial charge is 0.408 e. The summed E-state index contributed by atoms with van der Waals surface area (Å²) in [6, 6.07) is 3.13. The van der Waals surface area contributed by atoms with Crippen LogP contribution in [0.5, 0.6) is 5.75 Å². The van der Waals surface area contributed by atoms with Crippen molar-refractivity contribution in [2.45, 2.75) is 117 Å². The molecule has 8 nitrogen and oxygen atoms in total. The first-order valence-electron chi connectivity index (χ1n) is 13.2. The van der Waals surface area contributed by atoms with Gasteiger partial charge in [-0.15, -0.1) is 0 Å². The average Bonchev–Trinajstić information content (AvgIpc) is 3.60. The van der Waals surface area contributed by atoms with Gasteiger partial charge >= 0.3 is 6.09 Å². The summed E-state index contributed by atoms with van der Waals surface area (Å²) in [5, 5.41) is 16.0. The molecule has 1 aliphatic carbocycles. The molecule has 1 aromatic carbocycles. The topological polar surface area (TPSA) is 108 Å². The number of nitrogens with one attached hydrogen (secondary N) is 2. The summed E-state index contributed by atoms with van der Waals surface area (Å²) >= 11 is 0. The van der Waals surface area contributed by atoms with E-state index in [-0.39, 0.29) is 35.6 Å². The number of ether oxygens (including phenoxy) is 1. The fourth-order valence-corrected chi connectivity index (χ4v) is 4.26. The quantitative estimate of drug-likeness (QED) is 0.395. The van der Waals surface area contributed by atoms with Crippen molar-refractivity contribution in [1.82, 2.24) is 15.5 Å². The van der Waals surface area contributed by atoms with Crippen LogP contribution in [0.1, 0.15) is 97.7 Å². The molecule has 0 heterocycles. The number of phenols is 1. The lowest BCUT2D eigenvalue weighted by Gasteiger charge is -2.36. The Balaban J connectivity index is 2.49. The number of carbonyl (C=O) groups is 3. The molecular formula is C28H45N3O5. The van der Waals surface area contributed by atoms with Gasteiger partial charge < -0.3 is 25.4 Å². The Kier molecular flexibility index (Phi) is 10.2. The van der Waals surface area contributed by atoms with Crippen molar-refractivity contribution in [3.63, 3.8) is 0 Å². The van der Waals surface area contributed by atoms with Gasteiger partial charge in [0.25, 0.3) is 0 Å². The molecule has 0 radical (unpaired) electrons. The van der Waals surface area contributed by atoms with Crippen LogP contribution in [0, 0.1) is 12.8 Å². The highest BCUT2D eigenvalue weighted by Gasteiger charge is 2.45. The highest BCUT2D eigenvalue weighted by atomic mass is 16.6. The van der Waals surface area contributed by atoms with E-state index in [2.05, 4.69) is 17.6 Å². The molecule has 8 heteroatoms. The van der Waals surface area contributed by atoms with Gasteiger partial charge in [0, 0.05) is 12.1 Å². The Bertz CT molecular complexity index is 922. The molecule has 1 saturated carbocycles. The van der Waals surface area contributed by atoms with E-state index in [4.69, 9.17) is 4.74 Å². The minimum Gasteiger partial charge on any atom is -0.508 e. The zero-order valence-corrected chi connectivity index (χ0v) is 23.2. The lowest BCUT2D eigenvalue weighted by molar-refractivity contribution is -0.144. The molecule has 2 rings (SSSR count). The molecule has 0 saturated heterocycles. The second kappa shape index (κ2) is 12.5. The summed E-state index contributed by atoms with van der Waals surface area (Å²) < 4.78 is 5.44. The van der Waals surface area contributed by atoms with Crippen LogP contribution >= 0.6 is 0 Å². The van der Waals surface area contributed by atoms with Crippen molar-refractivity contribution in [1.29, 1.82) is 0 Å². The second-order valence-electron chi connectivity index (χ2n) is 11.1. The first kappa shape index (κ1) is 29.5. The molecule has 202 valence electrons. The standard InChI is InChI=1S/C28H45N3O5/c1-9-11-19(5)29-25(33)24(20-12-15-22(32)18(4)16-20)31(21-13-14-21)26(34)23(17(3)10-2)30-27(35)36-28(6,7)8/h12,15-17,19,21,23-24,32H,9-11,13-14H2,1-8H3,(H,29,33)(H,30,35). The maximum Gasteiger partial charge on any atom is 0.408 e. The fraction of sp³-hybridized carbons (Fsp3) is 0.679. The third-order valence-corrected chi connectivity index (χ3v) is 6.52. The molecule has 0 spiro atoms.